The molecular formula is C12H15ClO2. The molecule has 1 aromatic rings. The van der Waals surface area contributed by atoms with Crippen molar-refractivity contribution in [2.24, 2.45) is 0 Å². The molecule has 0 spiro atoms. The van der Waals surface area contributed by atoms with Crippen LogP contribution in [0.5, 0.6) is 5.75 Å². The zero-order chi connectivity index (χ0) is 11.1. The Morgan fingerprint density at radius 2 is 2.00 bits per heavy atom. The Kier molecular flexibility index (Phi) is 5.19. The monoisotopic (exact) mass is 226 g/mol. The number of Topliss-reactive ketones (excluding diaryl/α,β-unsaturated/α-hetero) is 1. The van der Waals surface area contributed by atoms with Gasteiger partial charge in [-0.2, -0.15) is 0 Å². The summed E-state index contributed by atoms with van der Waals surface area (Å²) < 4.78 is 5.42. The van der Waals surface area contributed by atoms with Crippen LogP contribution in [0.1, 0.15) is 30.1 Å². The second-order valence-electron chi connectivity index (χ2n) is 3.19. The first-order valence-electron chi connectivity index (χ1n) is 5.10. The number of hydrogen-bond donors (Lipinski definition) is 0. The Morgan fingerprint density at radius 1 is 1.33 bits per heavy atom. The van der Waals surface area contributed by atoms with E-state index in [1.807, 2.05) is 19.1 Å². The molecule has 0 saturated carbocycles. The molecule has 15 heavy (non-hydrogen) atoms. The van der Waals surface area contributed by atoms with Gasteiger partial charge in [-0.15, -0.1) is 11.6 Å². The maximum Gasteiger partial charge on any atom is 0.162 e. The van der Waals surface area contributed by atoms with Crippen LogP contribution in [-0.2, 0) is 0 Å². The first-order chi connectivity index (χ1) is 7.27. The quantitative estimate of drug-likeness (QED) is 0.423. The van der Waals surface area contributed by atoms with Crippen LogP contribution in [0.2, 0.25) is 0 Å². The van der Waals surface area contributed by atoms with E-state index in [4.69, 9.17) is 16.3 Å². The van der Waals surface area contributed by atoms with Crippen molar-refractivity contribution in [3.8, 4) is 5.75 Å². The molecular weight excluding hydrogens is 212 g/mol. The highest BCUT2D eigenvalue weighted by molar-refractivity contribution is 6.17. The highest BCUT2D eigenvalue weighted by Gasteiger charge is 2.02. The molecule has 0 saturated heterocycles. The summed E-state index contributed by atoms with van der Waals surface area (Å²) in [6.07, 6.45) is 1.36. The van der Waals surface area contributed by atoms with Crippen LogP contribution in [0.3, 0.4) is 0 Å². The molecule has 0 aliphatic carbocycles. The second-order valence-corrected chi connectivity index (χ2v) is 3.57. The fourth-order valence-electron chi connectivity index (χ4n) is 1.19. The smallest absolute Gasteiger partial charge is 0.162 e. The number of carbonyl (C=O) groups is 1. The molecule has 3 heteroatoms. The number of benzene rings is 1. The van der Waals surface area contributed by atoms with E-state index in [1.165, 1.54) is 0 Å². The summed E-state index contributed by atoms with van der Waals surface area (Å²) in [6, 6.07) is 7.22. The molecule has 0 heterocycles. The number of carbonyl (C=O) groups excluding carboxylic acids is 1. The summed E-state index contributed by atoms with van der Waals surface area (Å²) in [5.41, 5.74) is 0.738. The number of alkyl halides is 1. The predicted octanol–water partition coefficient (Wildman–Crippen LogP) is 3.29. The third kappa shape index (κ3) is 3.92. The number of halogens is 1. The van der Waals surface area contributed by atoms with E-state index in [1.54, 1.807) is 12.1 Å². The highest BCUT2D eigenvalue weighted by Crippen LogP contribution is 2.13. The lowest BCUT2D eigenvalue weighted by atomic mass is 10.1. The summed E-state index contributed by atoms with van der Waals surface area (Å²) in [6.45, 7) is 2.47. The molecule has 0 aliphatic rings. The number of hydrogen-bond acceptors (Lipinski definition) is 2. The van der Waals surface area contributed by atoms with E-state index in [2.05, 4.69) is 0 Å². The molecule has 1 rings (SSSR count). The van der Waals surface area contributed by atoms with Gasteiger partial charge in [0.05, 0.1) is 6.61 Å². The first-order valence-corrected chi connectivity index (χ1v) is 5.63. The molecule has 0 amide bonds. The molecule has 82 valence electrons. The highest BCUT2D eigenvalue weighted by atomic mass is 35.5. The van der Waals surface area contributed by atoms with E-state index in [-0.39, 0.29) is 5.78 Å². The summed E-state index contributed by atoms with van der Waals surface area (Å²) in [5.74, 6) is 1.54. The summed E-state index contributed by atoms with van der Waals surface area (Å²) >= 11 is 5.53. The van der Waals surface area contributed by atoms with E-state index in [9.17, 15) is 4.79 Å². The average molecular weight is 227 g/mol. The van der Waals surface area contributed by atoms with E-state index in [0.29, 0.717) is 18.9 Å². The van der Waals surface area contributed by atoms with Crippen LogP contribution in [0.25, 0.3) is 0 Å². The summed E-state index contributed by atoms with van der Waals surface area (Å²) in [5, 5.41) is 0. The largest absolute Gasteiger partial charge is 0.494 e. The van der Waals surface area contributed by atoms with Gasteiger partial charge in [0, 0.05) is 17.9 Å². The lowest BCUT2D eigenvalue weighted by Gasteiger charge is -2.05. The van der Waals surface area contributed by atoms with E-state index >= 15 is 0 Å². The van der Waals surface area contributed by atoms with Gasteiger partial charge in [-0.1, -0.05) is 6.92 Å². The Labute approximate surface area is 95.2 Å². The minimum Gasteiger partial charge on any atom is -0.494 e. The van der Waals surface area contributed by atoms with Gasteiger partial charge in [-0.25, -0.2) is 0 Å². The SMILES string of the molecule is CCC(=O)c1ccc(OCCCCl)cc1. The van der Waals surface area contributed by atoms with Gasteiger partial charge in [-0.3, -0.25) is 4.79 Å². The van der Waals surface area contributed by atoms with Crippen molar-refractivity contribution in [1.29, 1.82) is 0 Å². The van der Waals surface area contributed by atoms with E-state index in [0.717, 1.165) is 17.7 Å². The summed E-state index contributed by atoms with van der Waals surface area (Å²) in [4.78, 5) is 11.3. The molecule has 0 atom stereocenters. The van der Waals surface area contributed by atoms with Crippen LogP contribution in [0.4, 0.5) is 0 Å². The fraction of sp³-hybridized carbons (Fsp3) is 0.417. The normalized spacial score (nSPS) is 10.0. The molecule has 0 unspecified atom stereocenters. The summed E-state index contributed by atoms with van der Waals surface area (Å²) in [7, 11) is 0. The molecule has 0 aliphatic heterocycles. The molecule has 1 aromatic carbocycles. The van der Waals surface area contributed by atoms with Crippen LogP contribution in [-0.4, -0.2) is 18.3 Å². The number of ketones is 1. The third-order valence-electron chi connectivity index (χ3n) is 2.04. The number of ether oxygens (including phenoxy) is 1. The zero-order valence-electron chi connectivity index (χ0n) is 8.83. The molecule has 2 nitrogen and oxygen atoms in total. The minimum absolute atomic E-state index is 0.155. The van der Waals surface area contributed by atoms with Crippen molar-refractivity contribution in [3.63, 3.8) is 0 Å². The standard InChI is InChI=1S/C12H15ClO2/c1-2-12(14)10-4-6-11(7-5-10)15-9-3-8-13/h4-7H,2-3,8-9H2,1H3. The molecule has 0 fully saturated rings. The third-order valence-corrected chi connectivity index (χ3v) is 2.31. The van der Waals surface area contributed by atoms with Gasteiger partial charge in [0.25, 0.3) is 0 Å². The van der Waals surface area contributed by atoms with Crippen molar-refractivity contribution >= 4 is 17.4 Å². The molecule has 0 radical (unpaired) electrons. The maximum atomic E-state index is 11.3. The minimum atomic E-state index is 0.155. The van der Waals surface area contributed by atoms with Gasteiger partial charge in [0.1, 0.15) is 5.75 Å². The van der Waals surface area contributed by atoms with Crippen molar-refractivity contribution in [2.45, 2.75) is 19.8 Å². The Balaban J connectivity index is 2.52. The van der Waals surface area contributed by atoms with Gasteiger partial charge < -0.3 is 4.74 Å². The van der Waals surface area contributed by atoms with Gasteiger partial charge in [0.15, 0.2) is 5.78 Å². The first kappa shape index (κ1) is 12.1. The zero-order valence-corrected chi connectivity index (χ0v) is 9.59. The van der Waals surface area contributed by atoms with Gasteiger partial charge in [0.2, 0.25) is 0 Å². The number of rotatable bonds is 6. The molecule has 0 aromatic heterocycles. The Bertz CT molecular complexity index is 306. The predicted molar refractivity (Wildman–Crippen MR) is 61.9 cm³/mol. The lowest BCUT2D eigenvalue weighted by Crippen LogP contribution is -1.99. The van der Waals surface area contributed by atoms with Crippen molar-refractivity contribution in [2.75, 3.05) is 12.5 Å². The van der Waals surface area contributed by atoms with Crippen molar-refractivity contribution in [3.05, 3.63) is 29.8 Å². The molecule has 0 N–H and O–H groups in total. The van der Waals surface area contributed by atoms with Crippen LogP contribution < -0.4 is 4.74 Å². The lowest BCUT2D eigenvalue weighted by molar-refractivity contribution is 0.0988. The topological polar surface area (TPSA) is 26.3 Å². The van der Waals surface area contributed by atoms with Gasteiger partial charge in [-0.05, 0) is 30.7 Å². The van der Waals surface area contributed by atoms with E-state index < -0.39 is 0 Å². The average Bonchev–Trinajstić information content (AvgIpc) is 2.29. The molecule has 0 bridgehead atoms. The van der Waals surface area contributed by atoms with Crippen LogP contribution in [0, 0.1) is 0 Å². The van der Waals surface area contributed by atoms with Crippen LogP contribution >= 0.6 is 11.6 Å². The van der Waals surface area contributed by atoms with Crippen molar-refractivity contribution in [1.82, 2.24) is 0 Å². The van der Waals surface area contributed by atoms with Crippen molar-refractivity contribution < 1.29 is 9.53 Å². The van der Waals surface area contributed by atoms with Gasteiger partial charge >= 0.3 is 0 Å². The fourth-order valence-corrected chi connectivity index (χ4v) is 1.29. The second kappa shape index (κ2) is 6.46. The van der Waals surface area contributed by atoms with Crippen LogP contribution in [0.15, 0.2) is 24.3 Å². The Hall–Kier alpha value is -1.02. The maximum absolute atomic E-state index is 11.3. The Morgan fingerprint density at radius 3 is 2.53 bits per heavy atom.